The first-order valence-electron chi connectivity index (χ1n) is 5.58. The van der Waals surface area contributed by atoms with Gasteiger partial charge in [-0.05, 0) is 38.0 Å². The molecule has 17 heavy (non-hydrogen) atoms. The third kappa shape index (κ3) is 3.94. The van der Waals surface area contributed by atoms with E-state index in [-0.39, 0.29) is 6.42 Å². The average molecular weight is 234 g/mol. The average Bonchev–Trinajstić information content (AvgIpc) is 2.28. The quantitative estimate of drug-likeness (QED) is 0.850. The monoisotopic (exact) mass is 234 g/mol. The minimum Gasteiger partial charge on any atom is -0.496 e. The molecule has 1 aromatic carbocycles. The van der Waals surface area contributed by atoms with Crippen molar-refractivity contribution in [3.8, 4) is 5.75 Å². The molecule has 0 aliphatic rings. The van der Waals surface area contributed by atoms with Gasteiger partial charge in [-0.1, -0.05) is 17.7 Å². The van der Waals surface area contributed by atoms with E-state index in [1.54, 1.807) is 7.11 Å². The lowest BCUT2D eigenvalue weighted by molar-refractivity contribution is -0.136. The highest BCUT2D eigenvalue weighted by Crippen LogP contribution is 2.27. The van der Waals surface area contributed by atoms with Crippen molar-refractivity contribution in [2.24, 2.45) is 0 Å². The first kappa shape index (κ1) is 13.3. The first-order chi connectivity index (χ1) is 8.04. The molecule has 0 aliphatic carbocycles. The molecule has 0 heterocycles. The highest BCUT2D eigenvalue weighted by molar-refractivity contribution is 5.71. The van der Waals surface area contributed by atoms with Gasteiger partial charge in [-0.15, -0.1) is 0 Å². The second-order valence-electron chi connectivity index (χ2n) is 4.02. The number of carboxylic acid groups (broad SMARTS) is 1. The van der Waals surface area contributed by atoms with E-state index in [4.69, 9.17) is 9.84 Å². The minimum absolute atomic E-state index is 0.158. The van der Waals surface area contributed by atoms with Crippen LogP contribution in [0.1, 0.15) is 30.9 Å². The van der Waals surface area contributed by atoms with Crippen molar-refractivity contribution in [3.05, 3.63) is 35.4 Å². The Balaban J connectivity index is 2.90. The van der Waals surface area contributed by atoms with Crippen molar-refractivity contribution < 1.29 is 14.6 Å². The second kappa shape index (κ2) is 6.09. The maximum Gasteiger partial charge on any atom is 0.303 e. The molecule has 92 valence electrons. The predicted molar refractivity (Wildman–Crippen MR) is 68.3 cm³/mol. The molecule has 0 saturated heterocycles. The number of aliphatic carboxylic acids is 1. The number of carbonyl (C=O) groups is 1. The van der Waals surface area contributed by atoms with E-state index in [1.165, 1.54) is 0 Å². The van der Waals surface area contributed by atoms with Crippen molar-refractivity contribution in [2.75, 3.05) is 7.11 Å². The van der Waals surface area contributed by atoms with Gasteiger partial charge < -0.3 is 9.84 Å². The third-order valence-corrected chi connectivity index (χ3v) is 2.59. The summed E-state index contributed by atoms with van der Waals surface area (Å²) in [6, 6.07) is 5.97. The SMILES string of the molecule is COc1ccc(C)cc1/C(C)=C/CCC(=O)O. The molecule has 0 amide bonds. The zero-order valence-corrected chi connectivity index (χ0v) is 10.5. The molecule has 0 aromatic heterocycles. The Bertz CT molecular complexity index is 433. The molecule has 3 nitrogen and oxygen atoms in total. The summed E-state index contributed by atoms with van der Waals surface area (Å²) in [5.74, 6) is 0.0462. The molecular formula is C14H18O3. The molecule has 0 bridgehead atoms. The molecule has 0 fully saturated rings. The molecule has 0 aliphatic heterocycles. The molecule has 0 atom stereocenters. The summed E-state index contributed by atoms with van der Waals surface area (Å²) in [6.07, 6.45) is 2.63. The summed E-state index contributed by atoms with van der Waals surface area (Å²) in [6.45, 7) is 3.99. The Kier molecular flexibility index (Phi) is 4.76. The van der Waals surface area contributed by atoms with Crippen LogP contribution in [0.3, 0.4) is 0 Å². The number of carboxylic acids is 1. The maximum atomic E-state index is 10.4. The fourth-order valence-corrected chi connectivity index (χ4v) is 1.65. The van der Waals surface area contributed by atoms with Crippen molar-refractivity contribution in [2.45, 2.75) is 26.7 Å². The first-order valence-corrected chi connectivity index (χ1v) is 5.58. The largest absolute Gasteiger partial charge is 0.496 e. The van der Waals surface area contributed by atoms with Gasteiger partial charge in [-0.3, -0.25) is 4.79 Å². The van der Waals surface area contributed by atoms with Gasteiger partial charge in [0.05, 0.1) is 7.11 Å². The van der Waals surface area contributed by atoms with Gasteiger partial charge >= 0.3 is 5.97 Å². The van der Waals surface area contributed by atoms with Crippen LogP contribution in [0, 0.1) is 6.92 Å². The van der Waals surface area contributed by atoms with E-state index in [0.29, 0.717) is 6.42 Å². The normalized spacial score (nSPS) is 11.4. The maximum absolute atomic E-state index is 10.4. The van der Waals surface area contributed by atoms with Crippen molar-refractivity contribution in [1.82, 2.24) is 0 Å². The van der Waals surface area contributed by atoms with Gasteiger partial charge in [0.1, 0.15) is 5.75 Å². The molecule has 1 aromatic rings. The van der Waals surface area contributed by atoms with Crippen LogP contribution < -0.4 is 4.74 Å². The Morgan fingerprint density at radius 2 is 2.18 bits per heavy atom. The van der Waals surface area contributed by atoms with Crippen LogP contribution in [0.25, 0.3) is 5.57 Å². The van der Waals surface area contributed by atoms with Gasteiger partial charge in [0.15, 0.2) is 0 Å². The molecule has 0 unspecified atom stereocenters. The number of ether oxygens (including phenoxy) is 1. The van der Waals surface area contributed by atoms with Crippen LogP contribution in [0.15, 0.2) is 24.3 Å². The van der Waals surface area contributed by atoms with E-state index in [1.807, 2.05) is 38.1 Å². The highest BCUT2D eigenvalue weighted by atomic mass is 16.5. The van der Waals surface area contributed by atoms with E-state index >= 15 is 0 Å². The van der Waals surface area contributed by atoms with Crippen molar-refractivity contribution in [3.63, 3.8) is 0 Å². The van der Waals surface area contributed by atoms with E-state index < -0.39 is 5.97 Å². The van der Waals surface area contributed by atoms with Crippen LogP contribution >= 0.6 is 0 Å². The number of allylic oxidation sites excluding steroid dienone is 2. The summed E-state index contributed by atoms with van der Waals surface area (Å²) in [5, 5.41) is 8.59. The summed E-state index contributed by atoms with van der Waals surface area (Å²) in [4.78, 5) is 10.4. The number of hydrogen-bond acceptors (Lipinski definition) is 2. The standard InChI is InChI=1S/C14H18O3/c1-10-7-8-13(17-3)12(9-10)11(2)5-4-6-14(15)16/h5,7-9H,4,6H2,1-3H3,(H,15,16)/b11-5+. The summed E-state index contributed by atoms with van der Waals surface area (Å²) < 4.78 is 5.29. The van der Waals surface area contributed by atoms with Gasteiger partial charge in [0.2, 0.25) is 0 Å². The van der Waals surface area contributed by atoms with Crippen LogP contribution in [0.4, 0.5) is 0 Å². The lowest BCUT2D eigenvalue weighted by Crippen LogP contribution is -1.93. The number of aryl methyl sites for hydroxylation is 1. The highest BCUT2D eigenvalue weighted by Gasteiger charge is 2.05. The molecule has 3 heteroatoms. The summed E-state index contributed by atoms with van der Waals surface area (Å²) in [5.41, 5.74) is 3.23. The topological polar surface area (TPSA) is 46.5 Å². The predicted octanol–water partition coefficient (Wildman–Crippen LogP) is 3.27. The van der Waals surface area contributed by atoms with Gasteiger partial charge in [0, 0.05) is 12.0 Å². The van der Waals surface area contributed by atoms with Crippen LogP contribution in [-0.4, -0.2) is 18.2 Å². The van der Waals surface area contributed by atoms with Crippen molar-refractivity contribution in [1.29, 1.82) is 0 Å². The molecule has 1 rings (SSSR count). The van der Waals surface area contributed by atoms with E-state index in [2.05, 4.69) is 0 Å². The van der Waals surface area contributed by atoms with Crippen LogP contribution in [-0.2, 0) is 4.79 Å². The molecule has 0 spiro atoms. The molecular weight excluding hydrogens is 216 g/mol. The molecule has 0 radical (unpaired) electrons. The summed E-state index contributed by atoms with van der Waals surface area (Å²) >= 11 is 0. The van der Waals surface area contributed by atoms with Crippen LogP contribution in [0.2, 0.25) is 0 Å². The van der Waals surface area contributed by atoms with E-state index in [0.717, 1.165) is 22.4 Å². The number of benzene rings is 1. The lowest BCUT2D eigenvalue weighted by atomic mass is 10.0. The Morgan fingerprint density at radius 1 is 1.47 bits per heavy atom. The van der Waals surface area contributed by atoms with Gasteiger partial charge in [0.25, 0.3) is 0 Å². The molecule has 1 N–H and O–H groups in total. The Hall–Kier alpha value is -1.77. The minimum atomic E-state index is -0.773. The fraction of sp³-hybridized carbons (Fsp3) is 0.357. The van der Waals surface area contributed by atoms with Gasteiger partial charge in [-0.25, -0.2) is 0 Å². The van der Waals surface area contributed by atoms with Gasteiger partial charge in [-0.2, -0.15) is 0 Å². The molecule has 0 saturated carbocycles. The number of methoxy groups -OCH3 is 1. The Morgan fingerprint density at radius 3 is 2.76 bits per heavy atom. The third-order valence-electron chi connectivity index (χ3n) is 2.59. The lowest BCUT2D eigenvalue weighted by Gasteiger charge is -2.09. The Labute approximate surface area is 102 Å². The summed E-state index contributed by atoms with van der Waals surface area (Å²) in [7, 11) is 1.64. The number of rotatable bonds is 5. The zero-order chi connectivity index (χ0) is 12.8. The fourth-order valence-electron chi connectivity index (χ4n) is 1.65. The smallest absolute Gasteiger partial charge is 0.303 e. The zero-order valence-electron chi connectivity index (χ0n) is 10.5. The number of hydrogen-bond donors (Lipinski definition) is 1. The van der Waals surface area contributed by atoms with Crippen LogP contribution in [0.5, 0.6) is 5.75 Å². The second-order valence-corrected chi connectivity index (χ2v) is 4.02. The van der Waals surface area contributed by atoms with E-state index in [9.17, 15) is 4.79 Å². The van der Waals surface area contributed by atoms with Crippen molar-refractivity contribution >= 4 is 11.5 Å².